The molecule has 0 spiro atoms. The summed E-state index contributed by atoms with van der Waals surface area (Å²) in [4.78, 5) is 20.4. The van der Waals surface area contributed by atoms with Gasteiger partial charge in [0.2, 0.25) is 5.91 Å². The van der Waals surface area contributed by atoms with E-state index in [9.17, 15) is 9.59 Å². The predicted octanol–water partition coefficient (Wildman–Crippen LogP) is -0.274. The van der Waals surface area contributed by atoms with Crippen LogP contribution in [0.2, 0.25) is 0 Å². The van der Waals surface area contributed by atoms with Crippen LogP contribution in [0.25, 0.3) is 0 Å². The number of morpholine rings is 1. The zero-order chi connectivity index (χ0) is 8.69. The number of hydrogen-bond acceptors (Lipinski definition) is 3. The van der Waals surface area contributed by atoms with Crippen molar-refractivity contribution >= 4 is 12.2 Å². The Morgan fingerprint density at radius 2 is 2.27 bits per heavy atom. The first kappa shape index (κ1) is 10.1. The standard InChI is InChI=1S/C5H7NO3.C2H6/c7-1-4-2-9-3-5(8)6-4;1-2/h1,4H,2-3H2,(H,6,8);1-2H3. The van der Waals surface area contributed by atoms with Gasteiger partial charge in [0, 0.05) is 0 Å². The number of carbonyl (C=O) groups is 2. The van der Waals surface area contributed by atoms with Crippen molar-refractivity contribution in [2.45, 2.75) is 19.9 Å². The number of rotatable bonds is 1. The van der Waals surface area contributed by atoms with Gasteiger partial charge in [-0.1, -0.05) is 13.8 Å². The molecule has 4 nitrogen and oxygen atoms in total. The quantitative estimate of drug-likeness (QED) is 0.536. The molecule has 1 unspecified atom stereocenters. The van der Waals surface area contributed by atoms with Crippen LogP contribution in [0.3, 0.4) is 0 Å². The van der Waals surface area contributed by atoms with E-state index in [0.717, 1.165) is 0 Å². The fourth-order valence-corrected chi connectivity index (χ4v) is 0.642. The molecule has 64 valence electrons. The molecular weight excluding hydrogens is 146 g/mol. The zero-order valence-electron chi connectivity index (χ0n) is 6.79. The summed E-state index contributed by atoms with van der Waals surface area (Å²) in [5.41, 5.74) is 0. The molecule has 1 atom stereocenters. The molecule has 0 aromatic heterocycles. The Morgan fingerprint density at radius 1 is 1.64 bits per heavy atom. The number of aldehydes is 1. The van der Waals surface area contributed by atoms with Crippen LogP contribution in [0.15, 0.2) is 0 Å². The number of hydrogen-bond donors (Lipinski definition) is 1. The molecule has 11 heavy (non-hydrogen) atoms. The van der Waals surface area contributed by atoms with Crippen LogP contribution in [0.1, 0.15) is 13.8 Å². The second-order valence-corrected chi connectivity index (χ2v) is 1.83. The fraction of sp³-hybridized carbons (Fsp3) is 0.714. The highest BCUT2D eigenvalue weighted by Gasteiger charge is 2.16. The van der Waals surface area contributed by atoms with Crippen molar-refractivity contribution in [3.05, 3.63) is 0 Å². The third-order valence-electron chi connectivity index (χ3n) is 1.04. The number of carbonyl (C=O) groups excluding carboxylic acids is 2. The maximum absolute atomic E-state index is 10.4. The van der Waals surface area contributed by atoms with E-state index >= 15 is 0 Å². The van der Waals surface area contributed by atoms with Gasteiger partial charge in [0.15, 0.2) is 0 Å². The Bertz CT molecular complexity index is 136. The summed E-state index contributed by atoms with van der Waals surface area (Å²) in [6.45, 7) is 4.37. The van der Waals surface area contributed by atoms with Gasteiger partial charge in [-0.05, 0) is 0 Å². The monoisotopic (exact) mass is 159 g/mol. The number of nitrogens with one attached hydrogen (secondary N) is 1. The van der Waals surface area contributed by atoms with E-state index in [1.807, 2.05) is 13.8 Å². The Hall–Kier alpha value is -0.900. The van der Waals surface area contributed by atoms with Gasteiger partial charge in [-0.15, -0.1) is 0 Å². The summed E-state index contributed by atoms with van der Waals surface area (Å²) >= 11 is 0. The predicted molar refractivity (Wildman–Crippen MR) is 40.2 cm³/mol. The highest BCUT2D eigenvalue weighted by Crippen LogP contribution is 1.89. The molecule has 0 saturated carbocycles. The third-order valence-corrected chi connectivity index (χ3v) is 1.04. The lowest BCUT2D eigenvalue weighted by Crippen LogP contribution is -2.46. The summed E-state index contributed by atoms with van der Waals surface area (Å²) < 4.78 is 4.74. The minimum atomic E-state index is -0.439. The molecule has 1 fully saturated rings. The second-order valence-electron chi connectivity index (χ2n) is 1.83. The first-order valence-corrected chi connectivity index (χ1v) is 3.65. The Balaban J connectivity index is 0.000000461. The second kappa shape index (κ2) is 5.85. The van der Waals surface area contributed by atoms with Crippen LogP contribution in [-0.4, -0.2) is 31.4 Å². The zero-order valence-corrected chi connectivity index (χ0v) is 6.79. The third kappa shape index (κ3) is 3.72. The minimum absolute atomic E-state index is 0.0737. The van der Waals surface area contributed by atoms with Gasteiger partial charge in [0.1, 0.15) is 18.9 Å². The van der Waals surface area contributed by atoms with E-state index < -0.39 is 6.04 Å². The maximum atomic E-state index is 10.4. The number of ether oxygens (including phenoxy) is 1. The SMILES string of the molecule is CC.O=CC1COCC(=O)N1. The normalized spacial score (nSPS) is 22.7. The van der Waals surface area contributed by atoms with Crippen molar-refractivity contribution in [2.75, 3.05) is 13.2 Å². The molecule has 1 aliphatic heterocycles. The molecule has 0 aromatic carbocycles. The average Bonchev–Trinajstić information content (AvgIpc) is 2.08. The topological polar surface area (TPSA) is 55.4 Å². The molecule has 1 N–H and O–H groups in total. The van der Waals surface area contributed by atoms with Gasteiger partial charge < -0.3 is 14.8 Å². The molecule has 0 bridgehead atoms. The summed E-state index contributed by atoms with van der Waals surface area (Å²) in [7, 11) is 0. The van der Waals surface area contributed by atoms with E-state index in [1.165, 1.54) is 0 Å². The van der Waals surface area contributed by atoms with Crippen LogP contribution >= 0.6 is 0 Å². The van der Waals surface area contributed by atoms with Crippen LogP contribution in [0.4, 0.5) is 0 Å². The highest BCUT2D eigenvalue weighted by atomic mass is 16.5. The van der Waals surface area contributed by atoms with E-state index in [1.54, 1.807) is 0 Å². The molecule has 1 saturated heterocycles. The van der Waals surface area contributed by atoms with Crippen molar-refractivity contribution in [2.24, 2.45) is 0 Å². The van der Waals surface area contributed by atoms with E-state index in [0.29, 0.717) is 12.9 Å². The molecule has 1 amide bonds. The van der Waals surface area contributed by atoms with Crippen molar-refractivity contribution < 1.29 is 14.3 Å². The van der Waals surface area contributed by atoms with E-state index in [-0.39, 0.29) is 12.5 Å². The maximum Gasteiger partial charge on any atom is 0.246 e. The molecule has 0 aliphatic carbocycles. The smallest absolute Gasteiger partial charge is 0.246 e. The largest absolute Gasteiger partial charge is 0.369 e. The highest BCUT2D eigenvalue weighted by molar-refractivity contribution is 5.81. The molecule has 4 heteroatoms. The lowest BCUT2D eigenvalue weighted by atomic mass is 10.3. The first-order chi connectivity index (χ1) is 5.33. The summed E-state index contributed by atoms with van der Waals surface area (Å²) in [5, 5.41) is 2.43. The van der Waals surface area contributed by atoms with Gasteiger partial charge in [0.25, 0.3) is 0 Å². The van der Waals surface area contributed by atoms with E-state index in [4.69, 9.17) is 4.74 Å². The first-order valence-electron chi connectivity index (χ1n) is 3.65. The molecule has 0 aromatic rings. The summed E-state index contributed by atoms with van der Waals surface area (Å²) in [6, 6.07) is -0.439. The Kier molecular flexibility index (Phi) is 5.37. The molecular formula is C7H13NO3. The Labute approximate surface area is 65.9 Å². The van der Waals surface area contributed by atoms with Crippen molar-refractivity contribution in [1.29, 1.82) is 0 Å². The van der Waals surface area contributed by atoms with Crippen molar-refractivity contribution in [1.82, 2.24) is 5.32 Å². The lowest BCUT2D eigenvalue weighted by molar-refractivity contribution is -0.134. The Morgan fingerprint density at radius 3 is 2.64 bits per heavy atom. The van der Waals surface area contributed by atoms with Crippen LogP contribution < -0.4 is 5.32 Å². The van der Waals surface area contributed by atoms with Crippen molar-refractivity contribution in [3.8, 4) is 0 Å². The molecule has 0 radical (unpaired) electrons. The van der Waals surface area contributed by atoms with Gasteiger partial charge in [-0.3, -0.25) is 4.79 Å². The average molecular weight is 159 g/mol. The number of amides is 1. The van der Waals surface area contributed by atoms with Gasteiger partial charge >= 0.3 is 0 Å². The van der Waals surface area contributed by atoms with Crippen LogP contribution in [0, 0.1) is 0 Å². The van der Waals surface area contributed by atoms with Gasteiger partial charge in [-0.25, -0.2) is 0 Å². The van der Waals surface area contributed by atoms with Gasteiger partial charge in [0.05, 0.1) is 6.61 Å². The molecule has 1 heterocycles. The van der Waals surface area contributed by atoms with E-state index in [2.05, 4.69) is 5.32 Å². The fourth-order valence-electron chi connectivity index (χ4n) is 0.642. The van der Waals surface area contributed by atoms with Crippen LogP contribution in [0.5, 0.6) is 0 Å². The minimum Gasteiger partial charge on any atom is -0.369 e. The van der Waals surface area contributed by atoms with Crippen molar-refractivity contribution in [3.63, 3.8) is 0 Å². The summed E-state index contributed by atoms with van der Waals surface area (Å²) in [6.07, 6.45) is 0.664. The van der Waals surface area contributed by atoms with Gasteiger partial charge in [-0.2, -0.15) is 0 Å². The lowest BCUT2D eigenvalue weighted by Gasteiger charge is -2.17. The summed E-state index contributed by atoms with van der Waals surface area (Å²) in [5.74, 6) is -0.224. The molecule has 1 aliphatic rings. The molecule has 1 rings (SSSR count). The van der Waals surface area contributed by atoms with Crippen LogP contribution in [-0.2, 0) is 14.3 Å².